The molecule has 0 saturated carbocycles. The number of fused-ring (bicyclic) bond motifs is 2. The Morgan fingerprint density at radius 1 is 1.00 bits per heavy atom. The molecule has 2 amide bonds. The molecule has 0 bridgehead atoms. The van der Waals surface area contributed by atoms with Crippen LogP contribution >= 0.6 is 11.3 Å². The minimum atomic E-state index is -0.265. The number of thiazole rings is 1. The molecular formula is C25H22N4O3S. The molecule has 0 fully saturated rings. The first-order valence-corrected chi connectivity index (χ1v) is 11.6. The lowest BCUT2D eigenvalue weighted by atomic mass is 9.88. The Hall–Kier alpha value is -3.78. The molecule has 1 atom stereocenters. The van der Waals surface area contributed by atoms with E-state index in [4.69, 9.17) is 4.74 Å². The highest BCUT2D eigenvalue weighted by Gasteiger charge is 2.22. The van der Waals surface area contributed by atoms with Crippen molar-refractivity contribution in [3.8, 4) is 11.5 Å². The maximum absolute atomic E-state index is 12.8. The summed E-state index contributed by atoms with van der Waals surface area (Å²) in [5.74, 6) is 0.900. The predicted octanol–water partition coefficient (Wildman–Crippen LogP) is 4.13. The lowest BCUT2D eigenvalue weighted by Gasteiger charge is -2.26. The van der Waals surface area contributed by atoms with Crippen molar-refractivity contribution in [2.75, 3.05) is 7.05 Å². The highest BCUT2D eigenvalue weighted by atomic mass is 32.1. The molecule has 33 heavy (non-hydrogen) atoms. The lowest BCUT2D eigenvalue weighted by Crippen LogP contribution is -2.38. The molecule has 1 aliphatic carbocycles. The number of carbonyl (C=O) groups is 2. The zero-order valence-corrected chi connectivity index (χ0v) is 18.8. The van der Waals surface area contributed by atoms with E-state index in [9.17, 15) is 9.59 Å². The predicted molar refractivity (Wildman–Crippen MR) is 127 cm³/mol. The van der Waals surface area contributed by atoms with E-state index in [1.165, 1.54) is 16.9 Å². The van der Waals surface area contributed by atoms with Crippen LogP contribution in [0.4, 0.5) is 0 Å². The highest BCUT2D eigenvalue weighted by molar-refractivity contribution is 7.16. The average Bonchev–Trinajstić information content (AvgIpc) is 3.31. The van der Waals surface area contributed by atoms with Crippen molar-refractivity contribution in [3.63, 3.8) is 0 Å². The number of hydrogen-bond acceptors (Lipinski definition) is 6. The van der Waals surface area contributed by atoms with Gasteiger partial charge in [-0.1, -0.05) is 6.07 Å². The summed E-state index contributed by atoms with van der Waals surface area (Å²) in [6.45, 7) is 0. The van der Waals surface area contributed by atoms with E-state index >= 15 is 0 Å². The third-order valence-corrected chi connectivity index (χ3v) is 6.55. The summed E-state index contributed by atoms with van der Waals surface area (Å²) >= 11 is 1.53. The summed E-state index contributed by atoms with van der Waals surface area (Å²) in [6, 6.07) is 15.0. The van der Waals surface area contributed by atoms with Crippen molar-refractivity contribution in [2.24, 2.45) is 0 Å². The van der Waals surface area contributed by atoms with E-state index in [1.54, 1.807) is 30.9 Å². The van der Waals surface area contributed by atoms with Crippen molar-refractivity contribution < 1.29 is 14.3 Å². The standard InChI is InChI=1S/C25H22N4O3S/c1-26-25(31)22-13-20(8-9-27-22)32-19-6-3-15-2-5-18(10-17(15)11-19)29-24(30)16-4-7-21-23(12-16)33-14-28-21/h3-4,6-9,11-14,18H,2,5,10H2,1H3,(H,26,31)(H,29,30). The molecule has 2 heterocycles. The number of carbonyl (C=O) groups excluding carboxylic acids is 2. The van der Waals surface area contributed by atoms with Crippen molar-refractivity contribution in [3.05, 3.63) is 82.6 Å². The van der Waals surface area contributed by atoms with Crippen LogP contribution in [-0.4, -0.2) is 34.9 Å². The topological polar surface area (TPSA) is 93.2 Å². The van der Waals surface area contributed by atoms with Gasteiger partial charge < -0.3 is 15.4 Å². The number of rotatable bonds is 5. The summed E-state index contributed by atoms with van der Waals surface area (Å²) in [7, 11) is 1.56. The summed E-state index contributed by atoms with van der Waals surface area (Å²) in [4.78, 5) is 33.0. The van der Waals surface area contributed by atoms with Gasteiger partial charge in [-0.05, 0) is 66.8 Å². The van der Waals surface area contributed by atoms with Crippen LogP contribution in [0.3, 0.4) is 0 Å². The number of nitrogens with one attached hydrogen (secondary N) is 2. The van der Waals surface area contributed by atoms with E-state index < -0.39 is 0 Å². The van der Waals surface area contributed by atoms with Gasteiger partial charge in [-0.15, -0.1) is 11.3 Å². The van der Waals surface area contributed by atoms with Crippen molar-refractivity contribution in [2.45, 2.75) is 25.3 Å². The zero-order valence-electron chi connectivity index (χ0n) is 18.0. The molecule has 2 aromatic carbocycles. The Balaban J connectivity index is 1.28. The molecule has 1 aliphatic rings. The summed E-state index contributed by atoms with van der Waals surface area (Å²) in [5.41, 5.74) is 6.07. The van der Waals surface area contributed by atoms with Gasteiger partial charge >= 0.3 is 0 Å². The molecule has 5 rings (SSSR count). The number of pyridine rings is 1. The minimum Gasteiger partial charge on any atom is -0.457 e. The normalized spacial score (nSPS) is 15.0. The van der Waals surface area contributed by atoms with Gasteiger partial charge in [-0.25, -0.2) is 4.98 Å². The van der Waals surface area contributed by atoms with E-state index in [2.05, 4.69) is 26.7 Å². The summed E-state index contributed by atoms with van der Waals surface area (Å²) in [6.07, 6.45) is 4.07. The van der Waals surface area contributed by atoms with Crippen LogP contribution in [0.25, 0.3) is 10.2 Å². The number of aromatic nitrogens is 2. The molecule has 1 unspecified atom stereocenters. The van der Waals surface area contributed by atoms with Crippen LogP contribution in [0.15, 0.2) is 60.2 Å². The fourth-order valence-electron chi connectivity index (χ4n) is 4.05. The van der Waals surface area contributed by atoms with Crippen LogP contribution < -0.4 is 15.4 Å². The Kier molecular flexibility index (Phi) is 5.75. The SMILES string of the molecule is CNC(=O)c1cc(Oc2ccc3c(c2)CC(NC(=O)c2ccc4ncsc4c2)CC3)ccn1. The molecule has 4 aromatic rings. The van der Waals surface area contributed by atoms with Gasteiger partial charge in [0.1, 0.15) is 17.2 Å². The van der Waals surface area contributed by atoms with Crippen LogP contribution in [0.2, 0.25) is 0 Å². The van der Waals surface area contributed by atoms with Gasteiger partial charge in [0.25, 0.3) is 11.8 Å². The fourth-order valence-corrected chi connectivity index (χ4v) is 4.76. The first-order chi connectivity index (χ1) is 16.1. The molecule has 2 N–H and O–H groups in total. The quantitative estimate of drug-likeness (QED) is 0.469. The van der Waals surface area contributed by atoms with Gasteiger partial charge in [0, 0.05) is 30.9 Å². The molecule has 7 nitrogen and oxygen atoms in total. The fraction of sp³-hybridized carbons (Fsp3) is 0.200. The summed E-state index contributed by atoms with van der Waals surface area (Å²) in [5, 5.41) is 5.74. The number of nitrogens with zero attached hydrogens (tertiary/aromatic N) is 2. The average molecular weight is 459 g/mol. The Bertz CT molecular complexity index is 1350. The third-order valence-electron chi connectivity index (χ3n) is 5.76. The number of aryl methyl sites for hydroxylation is 1. The van der Waals surface area contributed by atoms with E-state index in [1.807, 2.05) is 30.3 Å². The molecular weight excluding hydrogens is 436 g/mol. The molecule has 0 radical (unpaired) electrons. The Labute approximate surface area is 194 Å². The van der Waals surface area contributed by atoms with Crippen molar-refractivity contribution >= 4 is 33.4 Å². The minimum absolute atomic E-state index is 0.0539. The second-order valence-corrected chi connectivity index (χ2v) is 8.82. The largest absolute Gasteiger partial charge is 0.457 e. The lowest BCUT2D eigenvalue weighted by molar-refractivity contribution is 0.0931. The first kappa shape index (κ1) is 21.1. The zero-order chi connectivity index (χ0) is 22.8. The number of amides is 2. The second-order valence-electron chi connectivity index (χ2n) is 7.94. The number of benzene rings is 2. The van der Waals surface area contributed by atoms with E-state index in [0.717, 1.165) is 35.0 Å². The smallest absolute Gasteiger partial charge is 0.269 e. The van der Waals surface area contributed by atoms with E-state index in [-0.39, 0.29) is 17.9 Å². The molecule has 2 aromatic heterocycles. The maximum atomic E-state index is 12.8. The van der Waals surface area contributed by atoms with Gasteiger partial charge in [-0.2, -0.15) is 0 Å². The first-order valence-electron chi connectivity index (χ1n) is 10.7. The molecule has 8 heteroatoms. The van der Waals surface area contributed by atoms with Crippen LogP contribution in [0.5, 0.6) is 11.5 Å². The van der Waals surface area contributed by atoms with Crippen LogP contribution in [0, 0.1) is 0 Å². The molecule has 166 valence electrons. The second kappa shape index (κ2) is 8.99. The summed E-state index contributed by atoms with van der Waals surface area (Å²) < 4.78 is 6.99. The van der Waals surface area contributed by atoms with E-state index in [0.29, 0.717) is 22.8 Å². The number of hydrogen-bond donors (Lipinski definition) is 2. The third kappa shape index (κ3) is 4.56. The van der Waals surface area contributed by atoms with Gasteiger partial charge in [0.05, 0.1) is 15.7 Å². The molecule has 0 saturated heterocycles. The van der Waals surface area contributed by atoms with Gasteiger partial charge in [-0.3, -0.25) is 14.6 Å². The van der Waals surface area contributed by atoms with Crippen LogP contribution in [-0.2, 0) is 12.8 Å². The Morgan fingerprint density at radius 3 is 2.76 bits per heavy atom. The van der Waals surface area contributed by atoms with Crippen molar-refractivity contribution in [1.82, 2.24) is 20.6 Å². The monoisotopic (exact) mass is 458 g/mol. The number of ether oxygens (including phenoxy) is 1. The Morgan fingerprint density at radius 2 is 1.88 bits per heavy atom. The molecule has 0 aliphatic heterocycles. The maximum Gasteiger partial charge on any atom is 0.269 e. The highest BCUT2D eigenvalue weighted by Crippen LogP contribution is 2.29. The van der Waals surface area contributed by atoms with Gasteiger partial charge in [0.2, 0.25) is 0 Å². The van der Waals surface area contributed by atoms with Gasteiger partial charge in [0.15, 0.2) is 0 Å². The van der Waals surface area contributed by atoms with Crippen LogP contribution in [0.1, 0.15) is 38.4 Å². The molecule has 0 spiro atoms. The van der Waals surface area contributed by atoms with Crippen molar-refractivity contribution in [1.29, 1.82) is 0 Å².